The Labute approximate surface area is 86.6 Å². The van der Waals surface area contributed by atoms with E-state index < -0.39 is 0 Å². The Morgan fingerprint density at radius 3 is 2.93 bits per heavy atom. The molecule has 0 aromatic carbocycles. The predicted molar refractivity (Wildman–Crippen MR) is 57.5 cm³/mol. The molecule has 82 valence electrons. The summed E-state index contributed by atoms with van der Waals surface area (Å²) in [6.45, 7) is 5.06. The first-order valence-corrected chi connectivity index (χ1v) is 5.92. The first-order chi connectivity index (χ1) is 6.84. The summed E-state index contributed by atoms with van der Waals surface area (Å²) in [4.78, 5) is 0. The molecule has 2 unspecified atom stereocenters. The lowest BCUT2D eigenvalue weighted by atomic mass is 9.92. The number of hydrogen-bond donors (Lipinski definition) is 2. The van der Waals surface area contributed by atoms with Crippen LogP contribution in [0.5, 0.6) is 0 Å². The van der Waals surface area contributed by atoms with Gasteiger partial charge in [0.2, 0.25) is 0 Å². The zero-order valence-electron chi connectivity index (χ0n) is 9.09. The molecule has 14 heavy (non-hydrogen) atoms. The van der Waals surface area contributed by atoms with Crippen LogP contribution in [0.25, 0.3) is 0 Å². The Morgan fingerprint density at radius 1 is 1.50 bits per heavy atom. The summed E-state index contributed by atoms with van der Waals surface area (Å²) in [5, 5.41) is 7.16. The fourth-order valence-corrected chi connectivity index (χ4v) is 2.24. The van der Waals surface area contributed by atoms with E-state index in [1.807, 2.05) is 0 Å². The summed E-state index contributed by atoms with van der Waals surface area (Å²) in [5.41, 5.74) is 0. The van der Waals surface area contributed by atoms with E-state index >= 15 is 0 Å². The van der Waals surface area contributed by atoms with Crippen molar-refractivity contribution in [1.29, 1.82) is 0 Å². The Kier molecular flexibility index (Phi) is 3.79. The van der Waals surface area contributed by atoms with Crippen LogP contribution in [0.4, 0.5) is 0 Å². The maximum atomic E-state index is 5.44. The van der Waals surface area contributed by atoms with Gasteiger partial charge in [0.25, 0.3) is 0 Å². The molecule has 0 aromatic heterocycles. The molecule has 1 saturated carbocycles. The number of nitrogens with one attached hydrogen (secondary N) is 2. The minimum atomic E-state index is 0.561. The van der Waals surface area contributed by atoms with Gasteiger partial charge in [0.1, 0.15) is 0 Å². The first kappa shape index (κ1) is 10.4. The van der Waals surface area contributed by atoms with Crippen LogP contribution in [0.1, 0.15) is 32.6 Å². The molecule has 0 aromatic rings. The molecule has 3 nitrogen and oxygen atoms in total. The van der Waals surface area contributed by atoms with E-state index in [0.29, 0.717) is 12.1 Å². The van der Waals surface area contributed by atoms with Crippen LogP contribution in [0.3, 0.4) is 0 Å². The third-order valence-corrected chi connectivity index (χ3v) is 3.26. The SMILES string of the molecule is CC(CC1COCCN1)NC1CCC1. The third-order valence-electron chi connectivity index (χ3n) is 3.26. The molecule has 2 fully saturated rings. The summed E-state index contributed by atoms with van der Waals surface area (Å²) in [6, 6.07) is 1.99. The highest BCUT2D eigenvalue weighted by atomic mass is 16.5. The zero-order valence-corrected chi connectivity index (χ0v) is 9.09. The molecule has 2 N–H and O–H groups in total. The van der Waals surface area contributed by atoms with Crippen molar-refractivity contribution in [2.75, 3.05) is 19.8 Å². The van der Waals surface area contributed by atoms with E-state index in [4.69, 9.17) is 4.74 Å². The number of morpholine rings is 1. The maximum absolute atomic E-state index is 5.44. The average molecular weight is 198 g/mol. The minimum absolute atomic E-state index is 0.561. The van der Waals surface area contributed by atoms with Gasteiger partial charge in [0.05, 0.1) is 13.2 Å². The van der Waals surface area contributed by atoms with Gasteiger partial charge in [-0.25, -0.2) is 0 Å². The molecule has 1 aliphatic carbocycles. The fourth-order valence-electron chi connectivity index (χ4n) is 2.24. The summed E-state index contributed by atoms with van der Waals surface area (Å²) >= 11 is 0. The van der Waals surface area contributed by atoms with Crippen LogP contribution in [0, 0.1) is 0 Å². The Hall–Kier alpha value is -0.120. The molecule has 0 radical (unpaired) electrons. The van der Waals surface area contributed by atoms with Gasteiger partial charge in [-0.05, 0) is 26.2 Å². The van der Waals surface area contributed by atoms with Crippen molar-refractivity contribution in [3.8, 4) is 0 Å². The van der Waals surface area contributed by atoms with Crippen LogP contribution < -0.4 is 10.6 Å². The lowest BCUT2D eigenvalue weighted by Crippen LogP contribution is -2.48. The van der Waals surface area contributed by atoms with Crippen molar-refractivity contribution in [3.05, 3.63) is 0 Å². The second-order valence-corrected chi connectivity index (χ2v) is 4.66. The summed E-state index contributed by atoms with van der Waals surface area (Å²) < 4.78 is 5.44. The van der Waals surface area contributed by atoms with Gasteiger partial charge < -0.3 is 15.4 Å². The molecule has 3 heteroatoms. The third kappa shape index (κ3) is 2.94. The van der Waals surface area contributed by atoms with Gasteiger partial charge >= 0.3 is 0 Å². The lowest BCUT2D eigenvalue weighted by molar-refractivity contribution is 0.0701. The van der Waals surface area contributed by atoms with Crippen molar-refractivity contribution in [1.82, 2.24) is 10.6 Å². The number of hydrogen-bond acceptors (Lipinski definition) is 3. The second-order valence-electron chi connectivity index (χ2n) is 4.66. The van der Waals surface area contributed by atoms with Crippen molar-refractivity contribution >= 4 is 0 Å². The zero-order chi connectivity index (χ0) is 9.80. The number of ether oxygens (including phenoxy) is 1. The van der Waals surface area contributed by atoms with Crippen LogP contribution in [0.2, 0.25) is 0 Å². The smallest absolute Gasteiger partial charge is 0.0620 e. The Morgan fingerprint density at radius 2 is 2.36 bits per heavy atom. The second kappa shape index (κ2) is 5.10. The van der Waals surface area contributed by atoms with E-state index in [-0.39, 0.29) is 0 Å². The molecular weight excluding hydrogens is 176 g/mol. The van der Waals surface area contributed by atoms with E-state index in [1.165, 1.54) is 25.7 Å². The summed E-state index contributed by atoms with van der Waals surface area (Å²) in [6.07, 6.45) is 5.35. The highest BCUT2D eigenvalue weighted by Crippen LogP contribution is 2.19. The first-order valence-electron chi connectivity index (χ1n) is 5.92. The molecular formula is C11H22N2O. The topological polar surface area (TPSA) is 33.3 Å². The van der Waals surface area contributed by atoms with Gasteiger partial charge in [-0.2, -0.15) is 0 Å². The van der Waals surface area contributed by atoms with Crippen LogP contribution >= 0.6 is 0 Å². The van der Waals surface area contributed by atoms with Crippen molar-refractivity contribution in [3.63, 3.8) is 0 Å². The monoisotopic (exact) mass is 198 g/mol. The molecule has 1 aliphatic heterocycles. The predicted octanol–water partition coefficient (Wildman–Crippen LogP) is 0.895. The minimum Gasteiger partial charge on any atom is -0.379 e. The van der Waals surface area contributed by atoms with Crippen molar-refractivity contribution in [2.45, 2.75) is 50.7 Å². The van der Waals surface area contributed by atoms with Crippen molar-refractivity contribution < 1.29 is 4.74 Å². The largest absolute Gasteiger partial charge is 0.379 e. The van der Waals surface area contributed by atoms with E-state index in [2.05, 4.69) is 17.6 Å². The fraction of sp³-hybridized carbons (Fsp3) is 1.00. The van der Waals surface area contributed by atoms with Crippen LogP contribution in [-0.2, 0) is 4.74 Å². The quantitative estimate of drug-likeness (QED) is 0.704. The highest BCUT2D eigenvalue weighted by molar-refractivity contribution is 4.82. The van der Waals surface area contributed by atoms with Crippen molar-refractivity contribution in [2.24, 2.45) is 0 Å². The standard InChI is InChI=1S/C11H22N2O/c1-9(13-10-3-2-4-10)7-11-8-14-6-5-12-11/h9-13H,2-8H2,1H3. The highest BCUT2D eigenvalue weighted by Gasteiger charge is 2.21. The Bertz CT molecular complexity index is 165. The van der Waals surface area contributed by atoms with E-state index in [1.54, 1.807) is 0 Å². The molecule has 0 amide bonds. The molecule has 2 rings (SSSR count). The maximum Gasteiger partial charge on any atom is 0.0620 e. The number of rotatable bonds is 4. The van der Waals surface area contributed by atoms with E-state index in [0.717, 1.165) is 25.8 Å². The van der Waals surface area contributed by atoms with Gasteiger partial charge in [0.15, 0.2) is 0 Å². The summed E-state index contributed by atoms with van der Waals surface area (Å²) in [7, 11) is 0. The van der Waals surface area contributed by atoms with Crippen LogP contribution in [0.15, 0.2) is 0 Å². The Balaban J connectivity index is 1.62. The van der Waals surface area contributed by atoms with Crippen LogP contribution in [-0.4, -0.2) is 37.9 Å². The van der Waals surface area contributed by atoms with Gasteiger partial charge in [-0.15, -0.1) is 0 Å². The normalized spacial score (nSPS) is 31.1. The van der Waals surface area contributed by atoms with Gasteiger partial charge in [-0.3, -0.25) is 0 Å². The lowest BCUT2D eigenvalue weighted by Gasteiger charge is -2.32. The molecule has 0 spiro atoms. The average Bonchev–Trinajstić information content (AvgIpc) is 2.13. The van der Waals surface area contributed by atoms with Gasteiger partial charge in [-0.1, -0.05) is 6.42 Å². The van der Waals surface area contributed by atoms with E-state index in [9.17, 15) is 0 Å². The molecule has 1 heterocycles. The molecule has 2 atom stereocenters. The molecule has 2 aliphatic rings. The summed E-state index contributed by atoms with van der Waals surface area (Å²) in [5.74, 6) is 0. The molecule has 0 bridgehead atoms. The van der Waals surface area contributed by atoms with Gasteiger partial charge in [0, 0.05) is 24.7 Å². The molecule has 1 saturated heterocycles.